The SMILES string of the molecule is CCCCCN[C@]12O[C@H]([C@H](O)CO)C[C@H]1OC(C)(C)O2. The average Bonchev–Trinajstić information content (AvgIpc) is 2.82. The molecule has 2 aliphatic rings. The summed E-state index contributed by atoms with van der Waals surface area (Å²) in [6.07, 6.45) is 2.17. The van der Waals surface area contributed by atoms with Crippen molar-refractivity contribution in [2.45, 2.75) is 76.5 Å². The van der Waals surface area contributed by atoms with Crippen molar-refractivity contribution in [2.24, 2.45) is 0 Å². The predicted molar refractivity (Wildman–Crippen MR) is 72.9 cm³/mol. The summed E-state index contributed by atoms with van der Waals surface area (Å²) in [6, 6.07) is 0. The van der Waals surface area contributed by atoms with E-state index >= 15 is 0 Å². The summed E-state index contributed by atoms with van der Waals surface area (Å²) >= 11 is 0. The summed E-state index contributed by atoms with van der Waals surface area (Å²) in [7, 11) is 0. The molecule has 0 aromatic rings. The first-order chi connectivity index (χ1) is 9.42. The standard InChI is InChI=1S/C14H27NO5/c1-4-5-6-7-15-14-12(19-13(2,3)20-14)8-11(18-14)10(17)9-16/h10-12,15-17H,4-9H2,1-3H3/t10-,11+,12-,14+/m1/s1. The number of fused-ring (bicyclic) bond motifs is 1. The summed E-state index contributed by atoms with van der Waals surface area (Å²) in [4.78, 5) is 0. The highest BCUT2D eigenvalue weighted by atomic mass is 16.9. The number of aliphatic hydroxyl groups is 2. The van der Waals surface area contributed by atoms with Gasteiger partial charge in [0.2, 0.25) is 0 Å². The molecule has 6 nitrogen and oxygen atoms in total. The minimum Gasteiger partial charge on any atom is -0.394 e. The molecule has 6 heteroatoms. The molecule has 3 N–H and O–H groups in total. The van der Waals surface area contributed by atoms with Crippen LogP contribution in [-0.2, 0) is 14.2 Å². The Labute approximate surface area is 120 Å². The van der Waals surface area contributed by atoms with Crippen molar-refractivity contribution >= 4 is 0 Å². The van der Waals surface area contributed by atoms with Crippen molar-refractivity contribution in [2.75, 3.05) is 13.2 Å². The van der Waals surface area contributed by atoms with E-state index in [4.69, 9.17) is 19.3 Å². The first-order valence-electron chi connectivity index (χ1n) is 7.52. The van der Waals surface area contributed by atoms with Crippen molar-refractivity contribution in [3.8, 4) is 0 Å². The maximum atomic E-state index is 9.75. The number of rotatable bonds is 7. The third-order valence-electron chi connectivity index (χ3n) is 3.79. The third-order valence-corrected chi connectivity index (χ3v) is 3.79. The van der Waals surface area contributed by atoms with E-state index in [0.29, 0.717) is 6.42 Å². The van der Waals surface area contributed by atoms with Gasteiger partial charge < -0.3 is 24.4 Å². The van der Waals surface area contributed by atoms with Crippen LogP contribution in [0.2, 0.25) is 0 Å². The largest absolute Gasteiger partial charge is 0.394 e. The Morgan fingerprint density at radius 2 is 2.05 bits per heavy atom. The molecule has 0 radical (unpaired) electrons. The first kappa shape index (κ1) is 16.1. The zero-order valence-electron chi connectivity index (χ0n) is 12.6. The molecule has 2 fully saturated rings. The zero-order valence-corrected chi connectivity index (χ0v) is 12.6. The van der Waals surface area contributed by atoms with Gasteiger partial charge in [-0.25, -0.2) is 0 Å². The molecule has 2 rings (SSSR count). The highest BCUT2D eigenvalue weighted by Gasteiger charge is 2.61. The van der Waals surface area contributed by atoms with Crippen LogP contribution in [0.3, 0.4) is 0 Å². The highest BCUT2D eigenvalue weighted by Crippen LogP contribution is 2.44. The summed E-state index contributed by atoms with van der Waals surface area (Å²) in [5.41, 5.74) is 0. The highest BCUT2D eigenvalue weighted by molar-refractivity contribution is 4.97. The fourth-order valence-electron chi connectivity index (χ4n) is 2.84. The van der Waals surface area contributed by atoms with E-state index in [1.54, 1.807) is 0 Å². The molecule has 2 aliphatic heterocycles. The van der Waals surface area contributed by atoms with Gasteiger partial charge in [-0.05, 0) is 20.3 Å². The van der Waals surface area contributed by atoms with E-state index in [2.05, 4.69) is 12.2 Å². The average molecular weight is 289 g/mol. The van der Waals surface area contributed by atoms with Gasteiger partial charge in [0.15, 0.2) is 5.79 Å². The Bertz CT molecular complexity index is 325. The monoisotopic (exact) mass is 289 g/mol. The van der Waals surface area contributed by atoms with E-state index in [0.717, 1.165) is 25.8 Å². The van der Waals surface area contributed by atoms with Gasteiger partial charge in [0.25, 0.3) is 5.91 Å². The van der Waals surface area contributed by atoms with Gasteiger partial charge in [-0.1, -0.05) is 19.8 Å². The van der Waals surface area contributed by atoms with Gasteiger partial charge >= 0.3 is 0 Å². The Hall–Kier alpha value is -0.240. The molecule has 0 aromatic heterocycles. The van der Waals surface area contributed by atoms with Crippen molar-refractivity contribution in [3.05, 3.63) is 0 Å². The van der Waals surface area contributed by atoms with Crippen molar-refractivity contribution in [1.82, 2.24) is 5.32 Å². The van der Waals surface area contributed by atoms with Gasteiger partial charge in [-0.3, -0.25) is 5.32 Å². The van der Waals surface area contributed by atoms with E-state index in [9.17, 15) is 5.11 Å². The van der Waals surface area contributed by atoms with Crippen LogP contribution in [0.1, 0.15) is 46.5 Å². The number of unbranched alkanes of at least 4 members (excludes halogenated alkanes) is 2. The number of hydrogen-bond donors (Lipinski definition) is 3. The molecular formula is C14H27NO5. The molecule has 0 aromatic carbocycles. The second-order valence-electron chi connectivity index (χ2n) is 6.05. The van der Waals surface area contributed by atoms with Gasteiger partial charge in [0.1, 0.15) is 12.2 Å². The van der Waals surface area contributed by atoms with Crippen LogP contribution in [-0.4, -0.2) is 53.4 Å². The smallest absolute Gasteiger partial charge is 0.258 e. The number of aliphatic hydroxyl groups excluding tert-OH is 2. The predicted octanol–water partition coefficient (Wildman–Crippen LogP) is 0.714. The zero-order chi connectivity index (χ0) is 14.8. The maximum Gasteiger partial charge on any atom is 0.258 e. The molecule has 0 amide bonds. The van der Waals surface area contributed by atoms with Gasteiger partial charge in [-0.15, -0.1) is 0 Å². The fourth-order valence-corrected chi connectivity index (χ4v) is 2.84. The molecule has 0 unspecified atom stereocenters. The number of hydrogen-bond acceptors (Lipinski definition) is 6. The molecule has 0 aliphatic carbocycles. The summed E-state index contributed by atoms with van der Waals surface area (Å²) in [6.45, 7) is 6.29. The van der Waals surface area contributed by atoms with Crippen LogP contribution in [0.25, 0.3) is 0 Å². The van der Waals surface area contributed by atoms with Crippen molar-refractivity contribution in [1.29, 1.82) is 0 Å². The maximum absolute atomic E-state index is 9.75. The molecule has 0 saturated carbocycles. The van der Waals surface area contributed by atoms with Gasteiger partial charge in [0, 0.05) is 13.0 Å². The second kappa shape index (κ2) is 6.25. The molecule has 0 spiro atoms. The van der Waals surface area contributed by atoms with Crippen LogP contribution in [0, 0.1) is 0 Å². The van der Waals surface area contributed by atoms with Crippen molar-refractivity contribution < 1.29 is 24.4 Å². The molecule has 2 heterocycles. The Balaban J connectivity index is 2.00. The van der Waals surface area contributed by atoms with Crippen LogP contribution >= 0.6 is 0 Å². The Morgan fingerprint density at radius 1 is 1.30 bits per heavy atom. The van der Waals surface area contributed by atoms with E-state index in [-0.39, 0.29) is 12.7 Å². The van der Waals surface area contributed by atoms with Gasteiger partial charge in [-0.2, -0.15) is 0 Å². The topological polar surface area (TPSA) is 80.2 Å². The minimum absolute atomic E-state index is 0.273. The normalized spacial score (nSPS) is 37.0. The third kappa shape index (κ3) is 3.32. The summed E-state index contributed by atoms with van der Waals surface area (Å²) < 4.78 is 17.6. The number of nitrogens with one attached hydrogen (secondary N) is 1. The Morgan fingerprint density at radius 3 is 2.70 bits per heavy atom. The van der Waals surface area contributed by atoms with Crippen LogP contribution in [0.4, 0.5) is 0 Å². The summed E-state index contributed by atoms with van der Waals surface area (Å²) in [5.74, 6) is -1.71. The second-order valence-corrected chi connectivity index (χ2v) is 6.05. The van der Waals surface area contributed by atoms with Gasteiger partial charge in [0.05, 0.1) is 12.7 Å². The lowest BCUT2D eigenvalue weighted by Gasteiger charge is -2.30. The molecule has 118 valence electrons. The van der Waals surface area contributed by atoms with Crippen LogP contribution in [0.15, 0.2) is 0 Å². The quantitative estimate of drug-likeness (QED) is 0.599. The molecular weight excluding hydrogens is 262 g/mol. The molecule has 20 heavy (non-hydrogen) atoms. The van der Waals surface area contributed by atoms with Crippen molar-refractivity contribution in [3.63, 3.8) is 0 Å². The molecule has 0 bridgehead atoms. The lowest BCUT2D eigenvalue weighted by atomic mass is 10.1. The molecule has 2 saturated heterocycles. The van der Waals surface area contributed by atoms with Crippen LogP contribution in [0.5, 0.6) is 0 Å². The minimum atomic E-state index is -1.00. The van der Waals surface area contributed by atoms with E-state index in [1.165, 1.54) is 0 Å². The number of ether oxygens (including phenoxy) is 3. The van der Waals surface area contributed by atoms with E-state index in [1.807, 2.05) is 13.8 Å². The van der Waals surface area contributed by atoms with E-state index < -0.39 is 23.9 Å². The Kier molecular flexibility index (Phi) is 5.05. The fraction of sp³-hybridized carbons (Fsp3) is 1.00. The lowest BCUT2D eigenvalue weighted by Crippen LogP contribution is -2.53. The molecule has 4 atom stereocenters. The summed E-state index contributed by atoms with van der Waals surface area (Å²) in [5, 5.41) is 22.1. The lowest BCUT2D eigenvalue weighted by molar-refractivity contribution is -0.281. The van der Waals surface area contributed by atoms with Crippen LogP contribution < -0.4 is 5.32 Å². The first-order valence-corrected chi connectivity index (χ1v) is 7.52.